The summed E-state index contributed by atoms with van der Waals surface area (Å²) >= 11 is 1.57. The van der Waals surface area contributed by atoms with Crippen molar-refractivity contribution in [3.63, 3.8) is 0 Å². The van der Waals surface area contributed by atoms with Gasteiger partial charge < -0.3 is 0 Å². The molecule has 1 fully saturated rings. The van der Waals surface area contributed by atoms with Crippen LogP contribution in [0, 0.1) is 6.92 Å². The van der Waals surface area contributed by atoms with E-state index < -0.39 is 0 Å². The average molecular weight is 271 g/mol. The molecule has 1 aromatic heterocycles. The first-order valence-electron chi connectivity index (χ1n) is 6.62. The fourth-order valence-electron chi connectivity index (χ4n) is 2.16. The second-order valence-corrected chi connectivity index (χ2v) is 5.82. The molecule has 1 aromatic carbocycles. The van der Waals surface area contributed by atoms with Crippen LogP contribution in [0.25, 0.3) is 0 Å². The van der Waals surface area contributed by atoms with Crippen LogP contribution >= 0.6 is 11.3 Å². The topological polar surface area (TPSA) is 37.3 Å². The zero-order chi connectivity index (χ0) is 13.1. The molecule has 0 unspecified atom stereocenters. The summed E-state index contributed by atoms with van der Waals surface area (Å²) in [5.41, 5.74) is 6.55. The first-order chi connectivity index (χ1) is 9.31. The number of hydrazone groups is 1. The Kier molecular flexibility index (Phi) is 3.60. The predicted molar refractivity (Wildman–Crippen MR) is 81.1 cm³/mol. The smallest absolute Gasteiger partial charge is 0.203 e. The van der Waals surface area contributed by atoms with E-state index in [-0.39, 0.29) is 0 Å². The van der Waals surface area contributed by atoms with Crippen molar-refractivity contribution in [2.45, 2.75) is 32.1 Å². The molecular weight excluding hydrogens is 254 g/mol. The highest BCUT2D eigenvalue weighted by atomic mass is 32.1. The van der Waals surface area contributed by atoms with Gasteiger partial charge in [-0.15, -0.1) is 11.3 Å². The minimum absolute atomic E-state index is 0.794. The molecule has 0 amide bonds. The molecule has 1 saturated carbocycles. The lowest BCUT2D eigenvalue weighted by Gasteiger charge is -2.25. The van der Waals surface area contributed by atoms with E-state index in [1.54, 1.807) is 11.3 Å². The van der Waals surface area contributed by atoms with Gasteiger partial charge in [0.05, 0.1) is 11.9 Å². The monoisotopic (exact) mass is 271 g/mol. The van der Waals surface area contributed by atoms with Crippen molar-refractivity contribution in [2.24, 2.45) is 5.10 Å². The first-order valence-corrected chi connectivity index (χ1v) is 7.50. The molecule has 19 heavy (non-hydrogen) atoms. The molecule has 4 heteroatoms. The molecule has 3 nitrogen and oxygen atoms in total. The second kappa shape index (κ2) is 5.53. The molecule has 1 aliphatic rings. The number of anilines is 1. The molecule has 0 spiro atoms. The Balaban J connectivity index is 1.59. The lowest BCUT2D eigenvalue weighted by molar-refractivity contribution is 0.420. The van der Waals surface area contributed by atoms with E-state index in [2.05, 4.69) is 39.8 Å². The quantitative estimate of drug-likeness (QED) is 0.669. The molecule has 0 radical (unpaired) electrons. The van der Waals surface area contributed by atoms with Gasteiger partial charge in [0.15, 0.2) is 0 Å². The van der Waals surface area contributed by atoms with Crippen LogP contribution in [-0.2, 0) is 0 Å². The second-order valence-electron chi connectivity index (χ2n) is 4.96. The van der Waals surface area contributed by atoms with Gasteiger partial charge in [-0.1, -0.05) is 30.7 Å². The lowest BCUT2D eigenvalue weighted by Crippen LogP contribution is -2.08. The summed E-state index contributed by atoms with van der Waals surface area (Å²) in [6.45, 7) is 1.98. The molecule has 1 aliphatic carbocycles. The number of nitrogens with one attached hydrogen (secondary N) is 1. The molecule has 0 atom stereocenters. The van der Waals surface area contributed by atoms with Gasteiger partial charge in [-0.3, -0.25) is 5.43 Å². The van der Waals surface area contributed by atoms with Crippen LogP contribution in [0.5, 0.6) is 0 Å². The van der Waals surface area contributed by atoms with Crippen LogP contribution in [0.2, 0.25) is 0 Å². The van der Waals surface area contributed by atoms with E-state index in [9.17, 15) is 0 Å². The maximum absolute atomic E-state index is 4.29. The summed E-state index contributed by atoms with van der Waals surface area (Å²) in [6, 6.07) is 8.70. The van der Waals surface area contributed by atoms with Crippen molar-refractivity contribution in [1.82, 2.24) is 4.98 Å². The summed E-state index contributed by atoms with van der Waals surface area (Å²) in [6.07, 6.45) is 5.91. The molecule has 2 aromatic rings. The van der Waals surface area contributed by atoms with Gasteiger partial charge >= 0.3 is 0 Å². The van der Waals surface area contributed by atoms with Crippen molar-refractivity contribution in [1.29, 1.82) is 0 Å². The van der Waals surface area contributed by atoms with Crippen molar-refractivity contribution in [3.05, 3.63) is 46.5 Å². The molecule has 0 bridgehead atoms. The molecule has 0 saturated heterocycles. The van der Waals surface area contributed by atoms with Gasteiger partial charge in [0.2, 0.25) is 5.13 Å². The highest BCUT2D eigenvalue weighted by Gasteiger charge is 2.18. The number of nitrogens with zero attached hydrogens (tertiary/aromatic N) is 2. The summed E-state index contributed by atoms with van der Waals surface area (Å²) in [5, 5.41) is 7.05. The maximum Gasteiger partial charge on any atom is 0.203 e. The number of hydrogen-bond acceptors (Lipinski definition) is 4. The first kappa shape index (κ1) is 12.4. The Hall–Kier alpha value is -1.68. The van der Waals surface area contributed by atoms with Crippen LogP contribution in [-0.4, -0.2) is 11.2 Å². The van der Waals surface area contributed by atoms with Gasteiger partial charge in [-0.2, -0.15) is 5.10 Å². The maximum atomic E-state index is 4.29. The Morgan fingerprint density at radius 2 is 2.11 bits per heavy atom. The van der Waals surface area contributed by atoms with Gasteiger partial charge in [0.25, 0.3) is 0 Å². The number of thiazole rings is 1. The summed E-state index contributed by atoms with van der Waals surface area (Å²) in [7, 11) is 0. The van der Waals surface area contributed by atoms with E-state index in [1.165, 1.54) is 24.8 Å². The molecule has 1 N–H and O–H groups in total. The third-order valence-electron chi connectivity index (χ3n) is 3.51. The Labute approximate surface area is 117 Å². The zero-order valence-electron chi connectivity index (χ0n) is 11.0. The molecule has 1 heterocycles. The summed E-state index contributed by atoms with van der Waals surface area (Å²) < 4.78 is 0. The lowest BCUT2D eigenvalue weighted by atomic mass is 9.80. The van der Waals surface area contributed by atoms with Gasteiger partial charge in [0, 0.05) is 5.38 Å². The Morgan fingerprint density at radius 3 is 2.68 bits per heavy atom. The molecule has 0 aliphatic heterocycles. The van der Waals surface area contributed by atoms with E-state index in [1.807, 2.05) is 18.5 Å². The highest BCUT2D eigenvalue weighted by molar-refractivity contribution is 7.13. The standard InChI is InChI=1S/C15H17N3S/c1-11-10-19-15(17-11)18-16-9-12-5-7-14(8-6-12)13-3-2-4-13/h5-10,13H,2-4H2,1H3,(H,17,18). The van der Waals surface area contributed by atoms with Crippen LogP contribution < -0.4 is 5.43 Å². The van der Waals surface area contributed by atoms with E-state index in [4.69, 9.17) is 0 Å². The normalized spacial score (nSPS) is 15.6. The summed E-state index contributed by atoms with van der Waals surface area (Å²) in [5.74, 6) is 0.794. The van der Waals surface area contributed by atoms with Crippen LogP contribution in [0.4, 0.5) is 5.13 Å². The Bertz CT molecular complexity index is 567. The third-order valence-corrected chi connectivity index (χ3v) is 4.37. The Morgan fingerprint density at radius 1 is 1.32 bits per heavy atom. The minimum Gasteiger partial charge on any atom is -0.253 e. The summed E-state index contributed by atoms with van der Waals surface area (Å²) in [4.78, 5) is 4.29. The number of rotatable bonds is 4. The van der Waals surface area contributed by atoms with Crippen molar-refractivity contribution < 1.29 is 0 Å². The number of hydrogen-bond donors (Lipinski definition) is 1. The molecule has 98 valence electrons. The zero-order valence-corrected chi connectivity index (χ0v) is 11.8. The van der Waals surface area contributed by atoms with Gasteiger partial charge in [0.1, 0.15) is 0 Å². The molecule has 3 rings (SSSR count). The number of benzene rings is 1. The van der Waals surface area contributed by atoms with Crippen molar-refractivity contribution in [2.75, 3.05) is 5.43 Å². The van der Waals surface area contributed by atoms with Gasteiger partial charge in [-0.25, -0.2) is 4.98 Å². The minimum atomic E-state index is 0.794. The third kappa shape index (κ3) is 3.01. The number of aryl methyl sites for hydroxylation is 1. The average Bonchev–Trinajstić information content (AvgIpc) is 2.75. The SMILES string of the molecule is Cc1csc(NN=Cc2ccc(C3CCC3)cc2)n1. The highest BCUT2D eigenvalue weighted by Crippen LogP contribution is 2.36. The van der Waals surface area contributed by atoms with E-state index in [0.29, 0.717) is 0 Å². The van der Waals surface area contributed by atoms with E-state index in [0.717, 1.165) is 22.3 Å². The predicted octanol–water partition coefficient (Wildman–Crippen LogP) is 4.17. The van der Waals surface area contributed by atoms with Crippen LogP contribution in [0.3, 0.4) is 0 Å². The fourth-order valence-corrected chi connectivity index (χ4v) is 2.80. The van der Waals surface area contributed by atoms with Crippen LogP contribution in [0.15, 0.2) is 34.7 Å². The number of aromatic nitrogens is 1. The van der Waals surface area contributed by atoms with E-state index >= 15 is 0 Å². The van der Waals surface area contributed by atoms with Crippen LogP contribution in [0.1, 0.15) is 42.0 Å². The van der Waals surface area contributed by atoms with Crippen molar-refractivity contribution in [3.8, 4) is 0 Å². The largest absolute Gasteiger partial charge is 0.253 e. The fraction of sp³-hybridized carbons (Fsp3) is 0.333. The molecular formula is C15H17N3S. The van der Waals surface area contributed by atoms with Crippen molar-refractivity contribution >= 4 is 22.7 Å². The van der Waals surface area contributed by atoms with Gasteiger partial charge in [-0.05, 0) is 36.8 Å².